The third-order valence-corrected chi connectivity index (χ3v) is 5.90. The number of esters is 1. The van der Waals surface area contributed by atoms with E-state index in [9.17, 15) is 19.2 Å². The molecule has 0 radical (unpaired) electrons. The molecule has 5 rings (SSSR count). The highest BCUT2D eigenvalue weighted by molar-refractivity contribution is 5.96. The summed E-state index contributed by atoms with van der Waals surface area (Å²) in [5.41, 5.74) is -0.583. The summed E-state index contributed by atoms with van der Waals surface area (Å²) in [4.78, 5) is 50.9. The second-order valence-electron chi connectivity index (χ2n) is 10.0. The van der Waals surface area contributed by atoms with Crippen molar-refractivity contribution in [3.8, 4) is 16.9 Å². The third-order valence-electron chi connectivity index (χ3n) is 5.90. The number of amides is 1. The lowest BCUT2D eigenvalue weighted by atomic mass is 10.0. The molecule has 9 heteroatoms. The molecule has 0 aliphatic heterocycles. The van der Waals surface area contributed by atoms with Crippen LogP contribution < -0.4 is 21.3 Å². The molecule has 1 unspecified atom stereocenters. The Morgan fingerprint density at radius 1 is 0.800 bits per heavy atom. The van der Waals surface area contributed by atoms with Gasteiger partial charge in [-0.15, -0.1) is 0 Å². The van der Waals surface area contributed by atoms with Crippen LogP contribution in [0, 0.1) is 0 Å². The summed E-state index contributed by atoms with van der Waals surface area (Å²) in [6, 6.07) is 21.7. The Kier molecular flexibility index (Phi) is 6.96. The van der Waals surface area contributed by atoms with Gasteiger partial charge in [0.15, 0.2) is 6.04 Å². The van der Waals surface area contributed by atoms with E-state index in [1.807, 2.05) is 6.07 Å². The Morgan fingerprint density at radius 2 is 1.52 bits per heavy atom. The molecule has 0 spiro atoms. The molecule has 0 saturated heterocycles. The SMILES string of the molecule is CC(C)(C)OC(=O)NC(C(=O)Oc1ccc2c(-c3cc4ccccc4oc3=O)cc(=O)oc2c1)c1ccccc1. The minimum atomic E-state index is -1.17. The van der Waals surface area contributed by atoms with Gasteiger partial charge in [0.05, 0.1) is 5.56 Å². The number of rotatable bonds is 5. The summed E-state index contributed by atoms with van der Waals surface area (Å²) in [5.74, 6) is -0.722. The number of carbonyl (C=O) groups is 2. The number of hydrogen-bond acceptors (Lipinski definition) is 8. The van der Waals surface area contributed by atoms with Crippen LogP contribution >= 0.6 is 0 Å². The highest BCUT2D eigenvalue weighted by Gasteiger charge is 2.28. The molecule has 0 aliphatic rings. The first-order valence-electron chi connectivity index (χ1n) is 12.4. The molecule has 2 heterocycles. The number of carbonyl (C=O) groups excluding carboxylic acids is 2. The quantitative estimate of drug-likeness (QED) is 0.170. The zero-order valence-corrected chi connectivity index (χ0v) is 21.9. The van der Waals surface area contributed by atoms with Gasteiger partial charge in [-0.1, -0.05) is 48.5 Å². The van der Waals surface area contributed by atoms with Gasteiger partial charge < -0.3 is 23.6 Å². The summed E-state index contributed by atoms with van der Waals surface area (Å²) in [6.07, 6.45) is -0.790. The Hall–Kier alpha value is -5.18. The highest BCUT2D eigenvalue weighted by Crippen LogP contribution is 2.30. The molecule has 0 aliphatic carbocycles. The Bertz CT molecular complexity index is 1850. The standard InChI is InChI=1S/C31H25NO8/c1-31(2,3)40-30(36)32-27(18-9-5-4-6-10-18)29(35)37-20-13-14-21-22(17-26(33)38-25(21)16-20)23-15-19-11-7-8-12-24(19)39-28(23)34/h4-17,27H,1-3H3,(H,32,36). The normalized spacial score (nSPS) is 12.2. The van der Waals surface area contributed by atoms with Crippen molar-refractivity contribution >= 4 is 34.0 Å². The first kappa shape index (κ1) is 26.4. The summed E-state index contributed by atoms with van der Waals surface area (Å²) >= 11 is 0. The van der Waals surface area contributed by atoms with Crippen molar-refractivity contribution in [1.82, 2.24) is 5.32 Å². The number of nitrogens with one attached hydrogen (secondary N) is 1. The van der Waals surface area contributed by atoms with Crippen molar-refractivity contribution in [2.45, 2.75) is 32.4 Å². The van der Waals surface area contributed by atoms with Crippen LogP contribution in [0.4, 0.5) is 4.79 Å². The predicted octanol–water partition coefficient (Wildman–Crippen LogP) is 5.74. The van der Waals surface area contributed by atoms with Gasteiger partial charge in [-0.2, -0.15) is 0 Å². The summed E-state index contributed by atoms with van der Waals surface area (Å²) in [7, 11) is 0. The van der Waals surface area contributed by atoms with E-state index in [0.717, 1.165) is 0 Å². The second-order valence-corrected chi connectivity index (χ2v) is 10.0. The van der Waals surface area contributed by atoms with Crippen LogP contribution in [-0.4, -0.2) is 17.7 Å². The van der Waals surface area contributed by atoms with E-state index >= 15 is 0 Å². The fourth-order valence-electron chi connectivity index (χ4n) is 4.20. The maximum Gasteiger partial charge on any atom is 0.408 e. The predicted molar refractivity (Wildman–Crippen MR) is 148 cm³/mol. The van der Waals surface area contributed by atoms with Crippen molar-refractivity contribution in [3.63, 3.8) is 0 Å². The second kappa shape index (κ2) is 10.5. The van der Waals surface area contributed by atoms with Crippen LogP contribution in [-0.2, 0) is 9.53 Å². The molecular formula is C31H25NO8. The zero-order valence-electron chi connectivity index (χ0n) is 21.9. The van der Waals surface area contributed by atoms with E-state index in [1.54, 1.807) is 81.4 Å². The molecule has 1 amide bonds. The van der Waals surface area contributed by atoms with E-state index in [4.69, 9.17) is 18.3 Å². The largest absolute Gasteiger partial charge is 0.444 e. The molecule has 0 saturated carbocycles. The molecule has 2 aromatic heterocycles. The minimum absolute atomic E-state index is 0.0651. The monoisotopic (exact) mass is 539 g/mol. The minimum Gasteiger partial charge on any atom is -0.444 e. The molecule has 3 aromatic carbocycles. The van der Waals surface area contributed by atoms with Crippen LogP contribution in [0.2, 0.25) is 0 Å². The molecule has 202 valence electrons. The highest BCUT2D eigenvalue weighted by atomic mass is 16.6. The zero-order chi connectivity index (χ0) is 28.4. The smallest absolute Gasteiger partial charge is 0.408 e. The summed E-state index contributed by atoms with van der Waals surface area (Å²) < 4.78 is 21.7. The first-order chi connectivity index (χ1) is 19.1. The average Bonchev–Trinajstić information content (AvgIpc) is 2.90. The maximum atomic E-state index is 13.2. The topological polar surface area (TPSA) is 125 Å². The van der Waals surface area contributed by atoms with Crippen LogP contribution in [0.25, 0.3) is 33.1 Å². The Labute approximate surface area is 227 Å². The average molecular weight is 540 g/mol. The van der Waals surface area contributed by atoms with Gasteiger partial charge in [0.25, 0.3) is 0 Å². The Morgan fingerprint density at radius 3 is 2.27 bits per heavy atom. The number of fused-ring (bicyclic) bond motifs is 2. The van der Waals surface area contributed by atoms with Crippen LogP contribution in [0.3, 0.4) is 0 Å². The number of para-hydroxylation sites is 1. The summed E-state index contributed by atoms with van der Waals surface area (Å²) in [6.45, 7) is 5.13. The lowest BCUT2D eigenvalue weighted by molar-refractivity contribution is -0.137. The van der Waals surface area contributed by atoms with Gasteiger partial charge in [-0.25, -0.2) is 19.2 Å². The molecule has 1 N–H and O–H groups in total. The molecule has 9 nitrogen and oxygen atoms in total. The van der Waals surface area contributed by atoms with E-state index in [2.05, 4.69) is 5.32 Å². The van der Waals surface area contributed by atoms with Gasteiger partial charge in [-0.05, 0) is 50.6 Å². The van der Waals surface area contributed by atoms with Gasteiger partial charge in [0.2, 0.25) is 0 Å². The van der Waals surface area contributed by atoms with E-state index in [-0.39, 0.29) is 16.9 Å². The van der Waals surface area contributed by atoms with Gasteiger partial charge in [-0.3, -0.25) is 0 Å². The van der Waals surface area contributed by atoms with Gasteiger partial charge >= 0.3 is 23.3 Å². The van der Waals surface area contributed by atoms with Crippen molar-refractivity contribution in [2.24, 2.45) is 0 Å². The molecule has 5 aromatic rings. The van der Waals surface area contributed by atoms with Gasteiger partial charge in [0, 0.05) is 28.5 Å². The lowest BCUT2D eigenvalue weighted by Gasteiger charge is -2.23. The molecule has 0 fully saturated rings. The molecule has 1 atom stereocenters. The van der Waals surface area contributed by atoms with Crippen LogP contribution in [0.5, 0.6) is 5.75 Å². The number of hydrogen-bond donors (Lipinski definition) is 1. The fraction of sp³-hybridized carbons (Fsp3) is 0.161. The van der Waals surface area contributed by atoms with Crippen LogP contribution in [0.1, 0.15) is 32.4 Å². The first-order valence-corrected chi connectivity index (χ1v) is 12.4. The maximum absolute atomic E-state index is 13.2. The molecule has 40 heavy (non-hydrogen) atoms. The fourth-order valence-corrected chi connectivity index (χ4v) is 4.20. The van der Waals surface area contributed by atoms with Crippen LogP contribution in [0.15, 0.2) is 103 Å². The van der Waals surface area contributed by atoms with Crippen molar-refractivity contribution in [2.75, 3.05) is 0 Å². The molecule has 0 bridgehead atoms. The van der Waals surface area contributed by atoms with Crippen molar-refractivity contribution < 1.29 is 27.9 Å². The van der Waals surface area contributed by atoms with Gasteiger partial charge in [0.1, 0.15) is 22.5 Å². The lowest BCUT2D eigenvalue weighted by Crippen LogP contribution is -2.39. The summed E-state index contributed by atoms with van der Waals surface area (Å²) in [5, 5.41) is 3.68. The van der Waals surface area contributed by atoms with E-state index in [1.165, 1.54) is 18.2 Å². The molecular weight excluding hydrogens is 514 g/mol. The number of benzene rings is 3. The Balaban J connectivity index is 1.49. The number of alkyl carbamates (subject to hydrolysis) is 1. The van der Waals surface area contributed by atoms with Crippen molar-refractivity contribution in [1.29, 1.82) is 0 Å². The number of ether oxygens (including phenoxy) is 2. The third kappa shape index (κ3) is 5.78. The van der Waals surface area contributed by atoms with E-state index in [0.29, 0.717) is 27.5 Å². The van der Waals surface area contributed by atoms with E-state index < -0.39 is 35.0 Å². The van der Waals surface area contributed by atoms with Crippen molar-refractivity contribution in [3.05, 3.63) is 111 Å².